The molecule has 1 fully saturated rings. The van der Waals surface area contributed by atoms with Crippen molar-refractivity contribution in [1.82, 2.24) is 15.0 Å². The van der Waals surface area contributed by atoms with Gasteiger partial charge >= 0.3 is 0 Å². The number of hydrogen-bond acceptors (Lipinski definition) is 4. The average Bonchev–Trinajstić information content (AvgIpc) is 3.05. The second-order valence-corrected chi connectivity index (χ2v) is 6.89. The normalized spacial score (nSPS) is 15.9. The number of rotatable bonds is 5. The van der Waals surface area contributed by atoms with Gasteiger partial charge in [-0.05, 0) is 24.3 Å². The van der Waals surface area contributed by atoms with Gasteiger partial charge < -0.3 is 9.42 Å². The maximum absolute atomic E-state index is 12.4. The molecule has 128 valence electrons. The number of likely N-dealkylation sites (tertiary alicyclic amines) is 1. The third-order valence-corrected chi connectivity index (χ3v) is 4.63. The van der Waals surface area contributed by atoms with E-state index >= 15 is 0 Å². The molecule has 1 aliphatic heterocycles. The Morgan fingerprint density at radius 3 is 2.58 bits per heavy atom. The summed E-state index contributed by atoms with van der Waals surface area (Å²) in [6.07, 6.45) is 3.31. The highest BCUT2D eigenvalue weighted by molar-refractivity contribution is 5.78. The second-order valence-electron chi connectivity index (χ2n) is 6.89. The fourth-order valence-electron chi connectivity index (χ4n) is 3.10. The lowest BCUT2D eigenvalue weighted by Crippen LogP contribution is -2.39. The monoisotopic (exact) mass is 327 g/mol. The summed E-state index contributed by atoms with van der Waals surface area (Å²) in [7, 11) is 0. The van der Waals surface area contributed by atoms with Crippen LogP contribution >= 0.6 is 0 Å². The predicted molar refractivity (Wildman–Crippen MR) is 91.5 cm³/mol. The third-order valence-electron chi connectivity index (χ3n) is 4.63. The van der Waals surface area contributed by atoms with Crippen molar-refractivity contribution in [3.8, 4) is 0 Å². The molecule has 1 saturated heterocycles. The van der Waals surface area contributed by atoms with E-state index in [2.05, 4.69) is 24.0 Å². The number of hydrogen-bond donors (Lipinski definition) is 0. The minimum absolute atomic E-state index is 0.222. The lowest BCUT2D eigenvalue weighted by atomic mass is 9.93. The summed E-state index contributed by atoms with van der Waals surface area (Å²) in [6.45, 7) is 5.76. The van der Waals surface area contributed by atoms with Crippen LogP contribution in [-0.2, 0) is 17.6 Å². The number of nitrogens with zero attached hydrogens (tertiary/aromatic N) is 3. The molecule has 0 aliphatic carbocycles. The van der Waals surface area contributed by atoms with Crippen LogP contribution in [0.3, 0.4) is 0 Å². The molecule has 0 radical (unpaired) electrons. The summed E-state index contributed by atoms with van der Waals surface area (Å²) >= 11 is 0. The van der Waals surface area contributed by atoms with E-state index < -0.39 is 0 Å². The van der Waals surface area contributed by atoms with Crippen LogP contribution in [-0.4, -0.2) is 34.0 Å². The first-order chi connectivity index (χ1) is 11.6. The number of amides is 1. The van der Waals surface area contributed by atoms with E-state index in [1.807, 2.05) is 35.2 Å². The van der Waals surface area contributed by atoms with Crippen molar-refractivity contribution in [2.24, 2.45) is 5.92 Å². The summed E-state index contributed by atoms with van der Waals surface area (Å²) in [4.78, 5) is 18.8. The highest BCUT2D eigenvalue weighted by atomic mass is 16.5. The Morgan fingerprint density at radius 2 is 1.96 bits per heavy atom. The van der Waals surface area contributed by atoms with Crippen molar-refractivity contribution in [3.05, 3.63) is 47.6 Å². The topological polar surface area (TPSA) is 59.2 Å². The van der Waals surface area contributed by atoms with Gasteiger partial charge in [0.1, 0.15) is 0 Å². The molecule has 2 aromatic rings. The van der Waals surface area contributed by atoms with E-state index in [0.717, 1.165) is 49.6 Å². The van der Waals surface area contributed by atoms with Crippen LogP contribution in [0.2, 0.25) is 0 Å². The van der Waals surface area contributed by atoms with Gasteiger partial charge in [0.15, 0.2) is 5.82 Å². The molecule has 0 atom stereocenters. The van der Waals surface area contributed by atoms with E-state index in [-0.39, 0.29) is 5.91 Å². The molecule has 3 rings (SSSR count). The van der Waals surface area contributed by atoms with Crippen molar-refractivity contribution in [1.29, 1.82) is 0 Å². The van der Waals surface area contributed by atoms with Crippen LogP contribution in [0.1, 0.15) is 49.9 Å². The Morgan fingerprint density at radius 1 is 1.25 bits per heavy atom. The standard InChI is InChI=1S/C19H25N3O2/c1-14(2)19-20-17(24-21-19)12-16-8-10-22(11-9-16)18(23)13-15-6-4-3-5-7-15/h3-7,14,16H,8-13H2,1-2H3. The molecule has 0 bridgehead atoms. The van der Waals surface area contributed by atoms with Crippen LogP contribution in [0, 0.1) is 5.92 Å². The first-order valence-electron chi connectivity index (χ1n) is 8.76. The van der Waals surface area contributed by atoms with Crippen molar-refractivity contribution in [2.45, 2.75) is 45.4 Å². The van der Waals surface area contributed by atoms with Gasteiger partial charge in [0.05, 0.1) is 6.42 Å². The fourth-order valence-corrected chi connectivity index (χ4v) is 3.10. The molecule has 1 aliphatic rings. The maximum atomic E-state index is 12.4. The zero-order chi connectivity index (χ0) is 16.9. The number of carbonyl (C=O) groups excluding carboxylic acids is 1. The van der Waals surface area contributed by atoms with Crippen LogP contribution in [0.5, 0.6) is 0 Å². The molecule has 2 heterocycles. The van der Waals surface area contributed by atoms with Gasteiger partial charge in [-0.15, -0.1) is 0 Å². The van der Waals surface area contributed by atoms with Crippen molar-refractivity contribution in [2.75, 3.05) is 13.1 Å². The molecule has 5 heteroatoms. The van der Waals surface area contributed by atoms with Crippen molar-refractivity contribution in [3.63, 3.8) is 0 Å². The van der Waals surface area contributed by atoms with Gasteiger partial charge in [-0.2, -0.15) is 4.98 Å². The van der Waals surface area contributed by atoms with Gasteiger partial charge in [-0.1, -0.05) is 49.3 Å². The SMILES string of the molecule is CC(C)c1noc(CC2CCN(C(=O)Cc3ccccc3)CC2)n1. The smallest absolute Gasteiger partial charge is 0.226 e. The molecular weight excluding hydrogens is 302 g/mol. The van der Waals surface area contributed by atoms with Crippen molar-refractivity contribution >= 4 is 5.91 Å². The summed E-state index contributed by atoms with van der Waals surface area (Å²) in [5.41, 5.74) is 1.08. The Hall–Kier alpha value is -2.17. The quantitative estimate of drug-likeness (QED) is 0.846. The van der Waals surface area contributed by atoms with E-state index in [1.165, 1.54) is 0 Å². The van der Waals surface area contributed by atoms with Gasteiger partial charge in [0.25, 0.3) is 0 Å². The molecular formula is C19H25N3O2. The molecule has 0 unspecified atom stereocenters. The first-order valence-corrected chi connectivity index (χ1v) is 8.76. The minimum atomic E-state index is 0.222. The summed E-state index contributed by atoms with van der Waals surface area (Å²) in [5.74, 6) is 2.54. The molecule has 0 saturated carbocycles. The van der Waals surface area contributed by atoms with Crippen LogP contribution in [0.25, 0.3) is 0 Å². The summed E-state index contributed by atoms with van der Waals surface area (Å²) < 4.78 is 5.34. The molecule has 1 amide bonds. The van der Waals surface area contributed by atoms with E-state index in [1.54, 1.807) is 0 Å². The third kappa shape index (κ3) is 4.22. The number of aromatic nitrogens is 2. The van der Waals surface area contributed by atoms with Gasteiger partial charge in [0.2, 0.25) is 11.8 Å². The summed E-state index contributed by atoms with van der Waals surface area (Å²) in [6, 6.07) is 9.94. The van der Waals surface area contributed by atoms with Crippen LogP contribution in [0.15, 0.2) is 34.9 Å². The highest BCUT2D eigenvalue weighted by Crippen LogP contribution is 2.22. The molecule has 0 spiro atoms. The zero-order valence-corrected chi connectivity index (χ0v) is 14.4. The van der Waals surface area contributed by atoms with E-state index in [0.29, 0.717) is 18.3 Å². The highest BCUT2D eigenvalue weighted by Gasteiger charge is 2.24. The maximum Gasteiger partial charge on any atom is 0.226 e. The van der Waals surface area contributed by atoms with Gasteiger partial charge in [-0.3, -0.25) is 4.79 Å². The second kappa shape index (κ2) is 7.60. The van der Waals surface area contributed by atoms with Crippen LogP contribution in [0.4, 0.5) is 0 Å². The fraction of sp³-hybridized carbons (Fsp3) is 0.526. The van der Waals surface area contributed by atoms with E-state index in [9.17, 15) is 4.79 Å². The largest absolute Gasteiger partial charge is 0.342 e. The lowest BCUT2D eigenvalue weighted by molar-refractivity contribution is -0.131. The zero-order valence-electron chi connectivity index (χ0n) is 14.4. The van der Waals surface area contributed by atoms with Gasteiger partial charge in [-0.25, -0.2) is 0 Å². The molecule has 24 heavy (non-hydrogen) atoms. The number of benzene rings is 1. The van der Waals surface area contributed by atoms with Gasteiger partial charge in [0, 0.05) is 25.4 Å². The Bertz CT molecular complexity index is 658. The Labute approximate surface area is 143 Å². The lowest BCUT2D eigenvalue weighted by Gasteiger charge is -2.31. The summed E-state index contributed by atoms with van der Waals surface area (Å²) in [5, 5.41) is 4.02. The molecule has 1 aromatic heterocycles. The molecule has 0 N–H and O–H groups in total. The molecule has 1 aromatic carbocycles. The Balaban J connectivity index is 1.47. The molecule has 5 nitrogen and oxygen atoms in total. The number of piperidine rings is 1. The average molecular weight is 327 g/mol. The first kappa shape index (κ1) is 16.7. The Kier molecular flexibility index (Phi) is 5.28. The number of carbonyl (C=O) groups is 1. The van der Waals surface area contributed by atoms with Crippen molar-refractivity contribution < 1.29 is 9.32 Å². The predicted octanol–water partition coefficient (Wildman–Crippen LogP) is 3.22. The minimum Gasteiger partial charge on any atom is -0.342 e. The van der Waals surface area contributed by atoms with Crippen LogP contribution < -0.4 is 0 Å². The van der Waals surface area contributed by atoms with E-state index in [4.69, 9.17) is 4.52 Å².